The predicted octanol–water partition coefficient (Wildman–Crippen LogP) is -0.0525. The Bertz CT molecular complexity index is 221. The van der Waals surface area contributed by atoms with E-state index in [1.165, 1.54) is 19.5 Å². The van der Waals surface area contributed by atoms with Crippen LogP contribution < -0.4 is 5.32 Å². The zero-order valence-electron chi connectivity index (χ0n) is 8.21. The number of hydrogen-bond acceptors (Lipinski definition) is 3. The molecule has 1 aliphatic heterocycles. The molecule has 0 unspecified atom stereocenters. The molecule has 3 heteroatoms. The minimum Gasteiger partial charge on any atom is -0.390 e. The minimum atomic E-state index is -0.252. The molecule has 3 nitrogen and oxygen atoms in total. The second-order valence-corrected chi connectivity index (χ2v) is 5.43. The van der Waals surface area contributed by atoms with E-state index in [1.54, 1.807) is 0 Å². The first-order chi connectivity index (χ1) is 6.09. The SMILES string of the molecule is CN1CC[C@H](NC23CC(O)(C2)C3)C1. The zero-order valence-corrected chi connectivity index (χ0v) is 8.21. The first-order valence-electron chi connectivity index (χ1n) is 5.28. The Hall–Kier alpha value is -0.120. The van der Waals surface area contributed by atoms with Crippen LogP contribution in [0, 0.1) is 0 Å². The second-order valence-electron chi connectivity index (χ2n) is 5.43. The molecule has 0 aromatic carbocycles. The van der Waals surface area contributed by atoms with E-state index >= 15 is 0 Å². The molecule has 1 heterocycles. The van der Waals surface area contributed by atoms with Crippen molar-refractivity contribution < 1.29 is 5.11 Å². The number of likely N-dealkylation sites (N-methyl/N-ethyl adjacent to an activating group) is 1. The van der Waals surface area contributed by atoms with Gasteiger partial charge in [-0.05, 0) is 39.3 Å². The number of likely N-dealkylation sites (tertiary alicyclic amines) is 1. The normalized spacial score (nSPS) is 54.5. The summed E-state index contributed by atoms with van der Waals surface area (Å²) in [5.41, 5.74) is 0.0993. The molecular formula is C10H18N2O. The van der Waals surface area contributed by atoms with Crippen molar-refractivity contribution in [2.24, 2.45) is 0 Å². The van der Waals surface area contributed by atoms with Crippen molar-refractivity contribution in [1.82, 2.24) is 10.2 Å². The number of nitrogens with one attached hydrogen (secondary N) is 1. The quantitative estimate of drug-likeness (QED) is 0.628. The molecule has 0 aromatic rings. The van der Waals surface area contributed by atoms with Crippen LogP contribution in [0.25, 0.3) is 0 Å². The van der Waals surface area contributed by atoms with Crippen LogP contribution in [-0.4, -0.2) is 47.3 Å². The summed E-state index contributed by atoms with van der Waals surface area (Å²) in [5, 5.41) is 13.3. The summed E-state index contributed by atoms with van der Waals surface area (Å²) in [4.78, 5) is 2.37. The van der Waals surface area contributed by atoms with E-state index in [0.29, 0.717) is 11.6 Å². The molecule has 2 bridgehead atoms. The maximum absolute atomic E-state index is 9.62. The summed E-state index contributed by atoms with van der Waals surface area (Å²) < 4.78 is 0. The van der Waals surface area contributed by atoms with Crippen molar-refractivity contribution in [3.8, 4) is 0 Å². The Morgan fingerprint density at radius 1 is 1.38 bits per heavy atom. The fourth-order valence-electron chi connectivity index (χ4n) is 3.37. The maximum atomic E-state index is 9.62. The number of hydrogen-bond donors (Lipinski definition) is 2. The summed E-state index contributed by atoms with van der Waals surface area (Å²) in [7, 11) is 2.18. The molecular weight excluding hydrogens is 164 g/mol. The third kappa shape index (κ3) is 1.14. The van der Waals surface area contributed by atoms with E-state index in [4.69, 9.17) is 0 Å². The molecule has 0 spiro atoms. The molecule has 2 N–H and O–H groups in total. The molecule has 4 aliphatic rings. The first kappa shape index (κ1) is 8.21. The van der Waals surface area contributed by atoms with Crippen LogP contribution in [0.5, 0.6) is 0 Å². The van der Waals surface area contributed by atoms with Crippen LogP contribution in [0.15, 0.2) is 0 Å². The summed E-state index contributed by atoms with van der Waals surface area (Å²) in [5.74, 6) is 0. The van der Waals surface area contributed by atoms with Crippen LogP contribution in [0.3, 0.4) is 0 Å². The third-order valence-corrected chi connectivity index (χ3v) is 3.90. The van der Waals surface area contributed by atoms with Crippen molar-refractivity contribution >= 4 is 0 Å². The Morgan fingerprint density at radius 3 is 2.54 bits per heavy atom. The Labute approximate surface area is 79.1 Å². The summed E-state index contributed by atoms with van der Waals surface area (Å²) >= 11 is 0. The van der Waals surface area contributed by atoms with Crippen LogP contribution in [0.2, 0.25) is 0 Å². The first-order valence-corrected chi connectivity index (χ1v) is 5.28. The number of nitrogens with zero attached hydrogens (tertiary/aromatic N) is 1. The van der Waals surface area contributed by atoms with Crippen LogP contribution in [0.1, 0.15) is 25.7 Å². The summed E-state index contributed by atoms with van der Waals surface area (Å²) in [6, 6.07) is 0.676. The largest absolute Gasteiger partial charge is 0.390 e. The topological polar surface area (TPSA) is 35.5 Å². The minimum absolute atomic E-state index is 0.252. The van der Waals surface area contributed by atoms with Gasteiger partial charge in [-0.1, -0.05) is 0 Å². The van der Waals surface area contributed by atoms with Gasteiger partial charge in [0.15, 0.2) is 0 Å². The van der Waals surface area contributed by atoms with Gasteiger partial charge >= 0.3 is 0 Å². The fraction of sp³-hybridized carbons (Fsp3) is 1.00. The van der Waals surface area contributed by atoms with Gasteiger partial charge in [0, 0.05) is 18.1 Å². The zero-order chi connectivity index (χ0) is 9.10. The molecule has 3 aliphatic carbocycles. The Morgan fingerprint density at radius 2 is 2.08 bits per heavy atom. The van der Waals surface area contributed by atoms with Crippen molar-refractivity contribution in [2.45, 2.75) is 42.9 Å². The summed E-state index contributed by atoms with van der Waals surface area (Å²) in [6.45, 7) is 2.40. The van der Waals surface area contributed by atoms with E-state index in [2.05, 4.69) is 17.3 Å². The monoisotopic (exact) mass is 182 g/mol. The number of aliphatic hydroxyl groups is 1. The molecule has 0 amide bonds. The van der Waals surface area contributed by atoms with Gasteiger partial charge in [-0.15, -0.1) is 0 Å². The van der Waals surface area contributed by atoms with E-state index in [1.807, 2.05) is 0 Å². The number of rotatable bonds is 2. The van der Waals surface area contributed by atoms with E-state index < -0.39 is 0 Å². The van der Waals surface area contributed by atoms with Crippen molar-refractivity contribution in [3.63, 3.8) is 0 Å². The van der Waals surface area contributed by atoms with Gasteiger partial charge < -0.3 is 15.3 Å². The average Bonchev–Trinajstić information content (AvgIpc) is 2.30. The van der Waals surface area contributed by atoms with Gasteiger partial charge in [0.2, 0.25) is 0 Å². The van der Waals surface area contributed by atoms with E-state index in [0.717, 1.165) is 19.3 Å². The molecule has 0 aromatic heterocycles. The standard InChI is InChI=1S/C10H18N2O/c1-12-3-2-8(4-12)11-9-5-10(13,6-9)7-9/h8,11,13H,2-7H2,1H3/t8-,9?,10?/m0/s1. The van der Waals surface area contributed by atoms with Gasteiger partial charge in [-0.2, -0.15) is 0 Å². The molecule has 74 valence electrons. The molecule has 3 saturated carbocycles. The second kappa shape index (κ2) is 2.27. The van der Waals surface area contributed by atoms with Crippen molar-refractivity contribution in [3.05, 3.63) is 0 Å². The fourth-order valence-corrected chi connectivity index (χ4v) is 3.37. The van der Waals surface area contributed by atoms with Gasteiger partial charge in [-0.3, -0.25) is 0 Å². The van der Waals surface area contributed by atoms with Crippen LogP contribution in [0.4, 0.5) is 0 Å². The highest BCUT2D eigenvalue weighted by Gasteiger charge is 2.67. The van der Waals surface area contributed by atoms with Crippen LogP contribution in [-0.2, 0) is 0 Å². The third-order valence-electron chi connectivity index (χ3n) is 3.90. The lowest BCUT2D eigenvalue weighted by atomic mass is 9.46. The molecule has 1 atom stereocenters. The van der Waals surface area contributed by atoms with Gasteiger partial charge in [0.05, 0.1) is 5.60 Å². The average molecular weight is 182 g/mol. The highest BCUT2D eigenvalue weighted by molar-refractivity contribution is 5.25. The maximum Gasteiger partial charge on any atom is 0.0700 e. The molecule has 13 heavy (non-hydrogen) atoms. The Balaban J connectivity index is 1.54. The molecule has 1 saturated heterocycles. The lowest BCUT2D eigenvalue weighted by Gasteiger charge is -2.68. The Kier molecular flexibility index (Phi) is 1.43. The van der Waals surface area contributed by atoms with Gasteiger partial charge in [0.25, 0.3) is 0 Å². The van der Waals surface area contributed by atoms with Crippen molar-refractivity contribution in [1.29, 1.82) is 0 Å². The highest BCUT2D eigenvalue weighted by atomic mass is 16.3. The lowest BCUT2D eigenvalue weighted by molar-refractivity contribution is -0.223. The van der Waals surface area contributed by atoms with E-state index in [-0.39, 0.29) is 5.60 Å². The van der Waals surface area contributed by atoms with Crippen molar-refractivity contribution in [2.75, 3.05) is 20.1 Å². The van der Waals surface area contributed by atoms with Crippen LogP contribution >= 0.6 is 0 Å². The van der Waals surface area contributed by atoms with Gasteiger partial charge in [0.1, 0.15) is 0 Å². The molecule has 4 fully saturated rings. The summed E-state index contributed by atoms with van der Waals surface area (Å²) in [6.07, 6.45) is 4.28. The molecule has 0 radical (unpaired) electrons. The molecule has 4 rings (SSSR count). The lowest BCUT2D eigenvalue weighted by Crippen LogP contribution is -2.79. The van der Waals surface area contributed by atoms with E-state index in [9.17, 15) is 5.11 Å². The predicted molar refractivity (Wildman–Crippen MR) is 50.6 cm³/mol. The smallest absolute Gasteiger partial charge is 0.0700 e. The highest BCUT2D eigenvalue weighted by Crippen LogP contribution is 2.60. The van der Waals surface area contributed by atoms with Gasteiger partial charge in [-0.25, -0.2) is 0 Å².